The molecule has 1 aromatic rings. The summed E-state index contributed by atoms with van der Waals surface area (Å²) in [6.07, 6.45) is 1.86. The first-order valence-electron chi connectivity index (χ1n) is 4.25. The lowest BCUT2D eigenvalue weighted by molar-refractivity contribution is 0.163. The molecule has 14 heavy (non-hydrogen) atoms. The van der Waals surface area contributed by atoms with Crippen LogP contribution in [0.3, 0.4) is 0 Å². The van der Waals surface area contributed by atoms with Gasteiger partial charge in [-0.25, -0.2) is 4.98 Å². The summed E-state index contributed by atoms with van der Waals surface area (Å²) in [4.78, 5) is 9.16. The van der Waals surface area contributed by atoms with E-state index in [4.69, 9.17) is 22.2 Å². The average Bonchev–Trinajstić information content (AvgIpc) is 2.18. The fourth-order valence-electron chi connectivity index (χ4n) is 1.42. The average molecular weight is 212 g/mol. The van der Waals surface area contributed by atoms with E-state index in [-0.39, 0.29) is 0 Å². The minimum Gasteiger partial charge on any atom is -0.398 e. The van der Waals surface area contributed by atoms with E-state index in [1.165, 1.54) is 0 Å². The predicted octanol–water partition coefficient (Wildman–Crippen LogP) is 0.0563. The number of aryl methyl sites for hydroxylation is 1. The van der Waals surface area contributed by atoms with Crippen molar-refractivity contribution in [2.45, 2.75) is 12.8 Å². The van der Waals surface area contributed by atoms with Gasteiger partial charge in [-0.1, -0.05) is 5.16 Å². The SMILES string of the molecule is Cc1nc2c(c(N)c1CCl)=CCON=2. The molecule has 5 heteroatoms. The van der Waals surface area contributed by atoms with Crippen LogP contribution in [-0.2, 0) is 10.7 Å². The monoisotopic (exact) mass is 211 g/mol. The number of nitrogens with zero attached hydrogens (tertiary/aromatic N) is 2. The van der Waals surface area contributed by atoms with E-state index < -0.39 is 0 Å². The van der Waals surface area contributed by atoms with Gasteiger partial charge in [0.25, 0.3) is 0 Å². The second-order valence-corrected chi connectivity index (χ2v) is 3.32. The summed E-state index contributed by atoms with van der Waals surface area (Å²) in [6.45, 7) is 2.29. The fourth-order valence-corrected chi connectivity index (χ4v) is 1.76. The third kappa shape index (κ3) is 1.32. The number of rotatable bonds is 1. The summed E-state index contributed by atoms with van der Waals surface area (Å²) in [6, 6.07) is 0. The molecule has 0 saturated heterocycles. The maximum Gasteiger partial charge on any atom is 0.200 e. The highest BCUT2D eigenvalue weighted by molar-refractivity contribution is 6.17. The Balaban J connectivity index is 2.84. The first-order valence-corrected chi connectivity index (χ1v) is 4.78. The molecule has 0 fully saturated rings. The second-order valence-electron chi connectivity index (χ2n) is 3.05. The van der Waals surface area contributed by atoms with E-state index in [1.807, 2.05) is 13.0 Å². The van der Waals surface area contributed by atoms with Crippen LogP contribution >= 0.6 is 11.6 Å². The smallest absolute Gasteiger partial charge is 0.200 e. The Morgan fingerprint density at radius 1 is 1.64 bits per heavy atom. The molecule has 0 saturated carbocycles. The molecule has 0 atom stereocenters. The van der Waals surface area contributed by atoms with Gasteiger partial charge in [0.15, 0.2) is 0 Å². The summed E-state index contributed by atoms with van der Waals surface area (Å²) < 4.78 is 0. The summed E-state index contributed by atoms with van der Waals surface area (Å²) in [7, 11) is 0. The van der Waals surface area contributed by atoms with Crippen LogP contribution in [0.15, 0.2) is 5.16 Å². The van der Waals surface area contributed by atoms with E-state index in [0.29, 0.717) is 23.7 Å². The van der Waals surface area contributed by atoms with Gasteiger partial charge in [-0.05, 0) is 13.0 Å². The zero-order chi connectivity index (χ0) is 10.1. The van der Waals surface area contributed by atoms with Crippen molar-refractivity contribution in [3.05, 3.63) is 22.0 Å². The number of nitrogen functional groups attached to an aromatic ring is 1. The van der Waals surface area contributed by atoms with Gasteiger partial charge in [-0.2, -0.15) is 0 Å². The normalized spacial score (nSPS) is 13.6. The van der Waals surface area contributed by atoms with Crippen LogP contribution in [0, 0.1) is 6.92 Å². The van der Waals surface area contributed by atoms with Crippen molar-refractivity contribution in [2.24, 2.45) is 5.16 Å². The molecule has 0 bridgehead atoms. The largest absolute Gasteiger partial charge is 0.398 e. The molecule has 0 amide bonds. The van der Waals surface area contributed by atoms with Gasteiger partial charge in [-0.15, -0.1) is 11.6 Å². The summed E-state index contributed by atoms with van der Waals surface area (Å²) in [5.41, 5.74) is 8.83. The molecule has 2 heterocycles. The minimum atomic E-state index is 0.368. The summed E-state index contributed by atoms with van der Waals surface area (Å²) in [5.74, 6) is 0.368. The van der Waals surface area contributed by atoms with Crippen LogP contribution in [0.2, 0.25) is 0 Å². The zero-order valence-electron chi connectivity index (χ0n) is 7.75. The Labute approximate surface area is 86.0 Å². The first kappa shape index (κ1) is 9.27. The van der Waals surface area contributed by atoms with Crippen LogP contribution in [0.4, 0.5) is 5.69 Å². The van der Waals surface area contributed by atoms with Gasteiger partial charge >= 0.3 is 0 Å². The fraction of sp³-hybridized carbons (Fsp3) is 0.333. The van der Waals surface area contributed by atoms with Crippen molar-refractivity contribution in [1.82, 2.24) is 4.98 Å². The number of nitrogens with two attached hydrogens (primary N) is 1. The van der Waals surface area contributed by atoms with Gasteiger partial charge in [0.05, 0.1) is 5.88 Å². The molecule has 0 aromatic carbocycles. The first-order chi connectivity index (χ1) is 6.74. The molecule has 2 rings (SSSR count). The third-order valence-corrected chi connectivity index (χ3v) is 2.48. The highest BCUT2D eigenvalue weighted by Gasteiger charge is 2.09. The van der Waals surface area contributed by atoms with Crippen LogP contribution in [0.25, 0.3) is 6.08 Å². The maximum atomic E-state index is 5.94. The molecule has 0 aliphatic carbocycles. The Kier molecular flexibility index (Phi) is 2.29. The molecule has 1 aliphatic heterocycles. The number of hydrogen-bond donors (Lipinski definition) is 1. The molecule has 0 spiro atoms. The lowest BCUT2D eigenvalue weighted by Crippen LogP contribution is -2.36. The number of pyridine rings is 1. The van der Waals surface area contributed by atoms with Crippen molar-refractivity contribution < 1.29 is 4.84 Å². The Hall–Kier alpha value is -1.29. The topological polar surface area (TPSA) is 60.5 Å². The van der Waals surface area contributed by atoms with Gasteiger partial charge < -0.3 is 10.6 Å². The highest BCUT2D eigenvalue weighted by Crippen LogP contribution is 2.11. The van der Waals surface area contributed by atoms with Crippen molar-refractivity contribution in [3.63, 3.8) is 0 Å². The van der Waals surface area contributed by atoms with E-state index in [9.17, 15) is 0 Å². The highest BCUT2D eigenvalue weighted by atomic mass is 35.5. The van der Waals surface area contributed by atoms with Crippen molar-refractivity contribution in [1.29, 1.82) is 0 Å². The molecule has 1 aromatic heterocycles. The zero-order valence-corrected chi connectivity index (χ0v) is 8.51. The van der Waals surface area contributed by atoms with E-state index in [0.717, 1.165) is 16.5 Å². The van der Waals surface area contributed by atoms with Crippen molar-refractivity contribution >= 4 is 23.4 Å². The lowest BCUT2D eigenvalue weighted by atomic mass is 10.1. The third-order valence-electron chi connectivity index (χ3n) is 2.21. The minimum absolute atomic E-state index is 0.368. The van der Waals surface area contributed by atoms with Gasteiger partial charge in [-0.3, -0.25) is 0 Å². The van der Waals surface area contributed by atoms with Gasteiger partial charge in [0.1, 0.15) is 6.61 Å². The van der Waals surface area contributed by atoms with Crippen LogP contribution in [-0.4, -0.2) is 11.6 Å². The van der Waals surface area contributed by atoms with Gasteiger partial charge in [0.2, 0.25) is 5.49 Å². The molecule has 74 valence electrons. The van der Waals surface area contributed by atoms with E-state index >= 15 is 0 Å². The number of aromatic nitrogens is 1. The van der Waals surface area contributed by atoms with Gasteiger partial charge in [0, 0.05) is 22.2 Å². The Morgan fingerprint density at radius 2 is 2.43 bits per heavy atom. The Morgan fingerprint density at radius 3 is 3.14 bits per heavy atom. The number of hydrogen-bond acceptors (Lipinski definition) is 4. The predicted molar refractivity (Wildman–Crippen MR) is 54.1 cm³/mol. The van der Waals surface area contributed by atoms with Crippen LogP contribution in [0.5, 0.6) is 0 Å². The molecular formula is C9H10ClN3O. The molecule has 1 aliphatic rings. The standard InChI is InChI=1S/C9H10ClN3O/c1-5-7(4-10)8(11)6-2-3-14-13-9(6)12-5/h2H,3-4,11H2,1H3. The Bertz CT molecular complexity index is 484. The number of anilines is 1. The molecular weight excluding hydrogens is 202 g/mol. The van der Waals surface area contributed by atoms with Crippen molar-refractivity contribution in [2.75, 3.05) is 12.3 Å². The quantitative estimate of drug-likeness (QED) is 0.669. The number of halogens is 1. The molecule has 0 unspecified atom stereocenters. The maximum absolute atomic E-state index is 5.94. The van der Waals surface area contributed by atoms with E-state index in [1.54, 1.807) is 0 Å². The molecule has 0 radical (unpaired) electrons. The lowest BCUT2D eigenvalue weighted by Gasteiger charge is -2.08. The van der Waals surface area contributed by atoms with Crippen LogP contribution < -0.4 is 16.4 Å². The molecule has 2 N–H and O–H groups in total. The molecule has 4 nitrogen and oxygen atoms in total. The van der Waals surface area contributed by atoms with E-state index in [2.05, 4.69) is 10.1 Å². The summed E-state index contributed by atoms with van der Waals surface area (Å²) in [5, 5.41) is 4.66. The van der Waals surface area contributed by atoms with Crippen molar-refractivity contribution in [3.8, 4) is 0 Å². The summed E-state index contributed by atoms with van der Waals surface area (Å²) >= 11 is 5.78. The number of fused-ring (bicyclic) bond motifs is 1. The van der Waals surface area contributed by atoms with Crippen LogP contribution in [0.1, 0.15) is 11.3 Å². The number of alkyl halides is 1. The second kappa shape index (κ2) is 3.46.